The zero-order valence-corrected chi connectivity index (χ0v) is 4.40. The molecule has 0 saturated carbocycles. The second-order valence-corrected chi connectivity index (χ2v) is 1.08. The highest BCUT2D eigenvalue weighted by Crippen LogP contribution is 1.77. The Morgan fingerprint density at radius 3 is 2.00 bits per heavy atom. The Morgan fingerprint density at radius 2 is 2.00 bits per heavy atom. The van der Waals surface area contributed by atoms with E-state index in [0.29, 0.717) is 0 Å². The first-order valence-corrected chi connectivity index (χ1v) is 2.21. The Balaban J connectivity index is 2.55. The van der Waals surface area contributed by atoms with E-state index < -0.39 is 0 Å². The molecule has 0 spiro atoms. The molecule has 0 aliphatic heterocycles. The van der Waals surface area contributed by atoms with Gasteiger partial charge in [-0.1, -0.05) is 28.7 Å². The third-order valence-corrected chi connectivity index (χ3v) is 0.598. The van der Waals surface area contributed by atoms with Gasteiger partial charge in [0, 0.05) is 0 Å². The standard InChI is InChI=1S/C3H4I/c1-2-3-4/h2-3H,1H2. The van der Waals surface area contributed by atoms with Crippen molar-refractivity contribution >= 4 is 22.6 Å². The molecule has 1 radical (unpaired) electrons. The molecule has 0 aromatic carbocycles. The number of hydrogen-bond acceptors (Lipinski definition) is 0. The zero-order valence-electron chi connectivity index (χ0n) is 2.24. The molecule has 0 aromatic heterocycles. The van der Waals surface area contributed by atoms with E-state index in [4.69, 9.17) is 0 Å². The maximum Gasteiger partial charge on any atom is -0.0274 e. The fourth-order valence-electron chi connectivity index (χ4n) is 0. The summed E-state index contributed by atoms with van der Waals surface area (Å²) in [6.07, 6.45) is 1.74. The van der Waals surface area contributed by atoms with Gasteiger partial charge in [0.05, 0.1) is 0 Å². The summed E-state index contributed by atoms with van der Waals surface area (Å²) >= 11 is 2.11. The molecule has 0 heterocycles. The van der Waals surface area contributed by atoms with Crippen LogP contribution in [0.25, 0.3) is 0 Å². The number of halogens is 1. The second kappa shape index (κ2) is 3.47. The van der Waals surface area contributed by atoms with Gasteiger partial charge in [0.25, 0.3) is 0 Å². The van der Waals surface area contributed by atoms with Gasteiger partial charge in [-0.2, -0.15) is 0 Å². The molecule has 0 aromatic rings. The first-order chi connectivity index (χ1) is 1.91. The summed E-state index contributed by atoms with van der Waals surface area (Å²) in [5.74, 6) is 0. The first kappa shape index (κ1) is 4.47. The molecule has 0 unspecified atom stereocenters. The van der Waals surface area contributed by atoms with E-state index in [1.54, 1.807) is 6.08 Å². The van der Waals surface area contributed by atoms with Crippen LogP contribution in [0.15, 0.2) is 10.2 Å². The summed E-state index contributed by atoms with van der Waals surface area (Å²) in [6, 6.07) is 0. The summed E-state index contributed by atoms with van der Waals surface area (Å²) in [4.78, 5) is 0. The predicted octanol–water partition coefficient (Wildman–Crippen LogP) is 1.77. The van der Waals surface area contributed by atoms with E-state index >= 15 is 0 Å². The van der Waals surface area contributed by atoms with Crippen molar-refractivity contribution in [3.63, 3.8) is 0 Å². The molecule has 0 bridgehead atoms. The Kier molecular flexibility index (Phi) is 3.88. The summed E-state index contributed by atoms with van der Waals surface area (Å²) in [6.45, 7) is 3.42. The lowest BCUT2D eigenvalue weighted by atomic mass is 10.8. The molecular formula is C3H4I. The van der Waals surface area contributed by atoms with Crippen LogP contribution in [-0.4, -0.2) is 0 Å². The Labute approximate surface area is 40.0 Å². The predicted molar refractivity (Wildman–Crippen MR) is 28.5 cm³/mol. The highest BCUT2D eigenvalue weighted by Gasteiger charge is 1.37. The van der Waals surface area contributed by atoms with Crippen molar-refractivity contribution in [2.45, 2.75) is 0 Å². The molecule has 1 heteroatoms. The van der Waals surface area contributed by atoms with Crippen LogP contribution in [-0.2, 0) is 0 Å². The first-order valence-electron chi connectivity index (χ1n) is 0.960. The molecule has 0 N–H and O–H groups in total. The number of rotatable bonds is 0. The topological polar surface area (TPSA) is 0 Å². The van der Waals surface area contributed by atoms with Crippen LogP contribution in [0.3, 0.4) is 0 Å². The molecule has 0 aliphatic rings. The highest BCUT2D eigenvalue weighted by molar-refractivity contribution is 14.1. The molecule has 4 heavy (non-hydrogen) atoms. The monoisotopic (exact) mass is 167 g/mol. The number of hydrogen-bond donors (Lipinski definition) is 0. The van der Waals surface area contributed by atoms with E-state index in [-0.39, 0.29) is 0 Å². The third kappa shape index (κ3) is 2.47. The lowest BCUT2D eigenvalue weighted by Crippen LogP contribution is -1.20. The molecule has 0 rings (SSSR count). The van der Waals surface area contributed by atoms with Crippen LogP contribution >= 0.6 is 22.6 Å². The van der Waals surface area contributed by atoms with Crippen LogP contribution < -0.4 is 0 Å². The van der Waals surface area contributed by atoms with Gasteiger partial charge in [-0.3, -0.25) is 0 Å². The normalized spacial score (nSPS) is 9.50. The Morgan fingerprint density at radius 1 is 1.75 bits per heavy atom. The van der Waals surface area contributed by atoms with E-state index in [1.165, 1.54) is 0 Å². The minimum Gasteiger partial charge on any atom is -0.0781 e. The third-order valence-electron chi connectivity index (χ3n) is 0.0891. The number of allylic oxidation sites excluding steroid dienone is 1. The van der Waals surface area contributed by atoms with Crippen molar-refractivity contribution in [1.29, 1.82) is 0 Å². The second-order valence-electron chi connectivity index (χ2n) is 0.362. The van der Waals surface area contributed by atoms with Gasteiger partial charge in [-0.25, -0.2) is 0 Å². The van der Waals surface area contributed by atoms with E-state index in [0.717, 1.165) is 0 Å². The lowest BCUT2D eigenvalue weighted by Gasteiger charge is -1.46. The smallest absolute Gasteiger partial charge is 0.0274 e. The largest absolute Gasteiger partial charge is 0.0781 e. The fourth-order valence-corrected chi connectivity index (χ4v) is 0. The summed E-state index contributed by atoms with van der Waals surface area (Å²) in [5, 5.41) is 0. The van der Waals surface area contributed by atoms with Crippen molar-refractivity contribution in [3.05, 3.63) is 17.1 Å². The van der Waals surface area contributed by atoms with Crippen molar-refractivity contribution in [3.8, 4) is 0 Å². The van der Waals surface area contributed by atoms with Crippen molar-refractivity contribution < 1.29 is 0 Å². The maximum atomic E-state index is 3.42. The van der Waals surface area contributed by atoms with Gasteiger partial charge < -0.3 is 0 Å². The molecule has 23 valence electrons. The fraction of sp³-hybridized carbons (Fsp3) is 0. The van der Waals surface area contributed by atoms with Crippen molar-refractivity contribution in [2.75, 3.05) is 0 Å². The minimum absolute atomic E-state index is 1.74. The van der Waals surface area contributed by atoms with Crippen LogP contribution in [0.1, 0.15) is 0 Å². The molecular weight excluding hydrogens is 163 g/mol. The zero-order chi connectivity index (χ0) is 3.41. The lowest BCUT2D eigenvalue weighted by molar-refractivity contribution is 2.18. The minimum atomic E-state index is 1.74. The van der Waals surface area contributed by atoms with Gasteiger partial charge in [-0.15, -0.1) is 0 Å². The molecule has 0 aliphatic carbocycles. The van der Waals surface area contributed by atoms with Crippen molar-refractivity contribution in [2.24, 2.45) is 0 Å². The van der Waals surface area contributed by atoms with Gasteiger partial charge in [0.15, 0.2) is 0 Å². The summed E-state index contributed by atoms with van der Waals surface area (Å²) < 4.78 is 1.86. The molecule has 0 saturated heterocycles. The van der Waals surface area contributed by atoms with Crippen molar-refractivity contribution in [1.82, 2.24) is 0 Å². The SMILES string of the molecule is [CH2]C=CI. The van der Waals surface area contributed by atoms with Crippen LogP contribution in [0.2, 0.25) is 0 Å². The molecule has 0 fully saturated rings. The average molecular weight is 167 g/mol. The molecule has 0 nitrogen and oxygen atoms in total. The van der Waals surface area contributed by atoms with E-state index in [1.807, 2.05) is 4.08 Å². The Bertz CT molecular complexity index is 18.5. The summed E-state index contributed by atoms with van der Waals surface area (Å²) in [5.41, 5.74) is 0. The quantitative estimate of drug-likeness (QED) is 0.482. The van der Waals surface area contributed by atoms with Gasteiger partial charge in [0.1, 0.15) is 0 Å². The summed E-state index contributed by atoms with van der Waals surface area (Å²) in [7, 11) is 0. The van der Waals surface area contributed by atoms with Crippen LogP contribution in [0, 0.1) is 6.92 Å². The van der Waals surface area contributed by atoms with Crippen LogP contribution in [0.5, 0.6) is 0 Å². The van der Waals surface area contributed by atoms with E-state index in [2.05, 4.69) is 29.5 Å². The molecule has 0 amide bonds. The maximum absolute atomic E-state index is 3.42. The molecule has 0 atom stereocenters. The van der Waals surface area contributed by atoms with Gasteiger partial charge >= 0.3 is 0 Å². The van der Waals surface area contributed by atoms with Gasteiger partial charge in [0.2, 0.25) is 0 Å². The van der Waals surface area contributed by atoms with Gasteiger partial charge in [-0.05, 0) is 11.0 Å². The Hall–Kier alpha value is 0.470. The average Bonchev–Trinajstić information content (AvgIpc) is 1.37. The highest BCUT2D eigenvalue weighted by atomic mass is 127. The van der Waals surface area contributed by atoms with Crippen LogP contribution in [0.4, 0.5) is 0 Å². The van der Waals surface area contributed by atoms with E-state index in [9.17, 15) is 0 Å².